The number of pyridine rings is 1. The summed E-state index contributed by atoms with van der Waals surface area (Å²) in [5, 5.41) is 0. The molecule has 1 amide bonds. The van der Waals surface area contributed by atoms with Crippen LogP contribution in [0, 0.1) is 0 Å². The van der Waals surface area contributed by atoms with Crippen molar-refractivity contribution in [3.8, 4) is 0 Å². The second-order valence-corrected chi connectivity index (χ2v) is 5.55. The van der Waals surface area contributed by atoms with Gasteiger partial charge < -0.3 is 10.6 Å². The highest BCUT2D eigenvalue weighted by Gasteiger charge is 2.36. The van der Waals surface area contributed by atoms with Crippen molar-refractivity contribution in [1.29, 1.82) is 0 Å². The van der Waals surface area contributed by atoms with Gasteiger partial charge in [-0.05, 0) is 38.4 Å². The van der Waals surface area contributed by atoms with Crippen LogP contribution in [0.25, 0.3) is 0 Å². The van der Waals surface area contributed by atoms with Gasteiger partial charge in [0, 0.05) is 25.2 Å². The van der Waals surface area contributed by atoms with E-state index in [0.29, 0.717) is 17.6 Å². The second-order valence-electron chi connectivity index (χ2n) is 5.55. The molecule has 0 saturated carbocycles. The molecule has 3 rings (SSSR count). The summed E-state index contributed by atoms with van der Waals surface area (Å²) in [6, 6.07) is 6.00. The van der Waals surface area contributed by atoms with Crippen LogP contribution >= 0.6 is 0 Å². The second kappa shape index (κ2) is 4.81. The van der Waals surface area contributed by atoms with Crippen molar-refractivity contribution in [3.63, 3.8) is 0 Å². The summed E-state index contributed by atoms with van der Waals surface area (Å²) in [5.41, 5.74) is 6.11. The number of piperazine rings is 1. The Morgan fingerprint density at radius 1 is 1.42 bits per heavy atom. The fourth-order valence-electron chi connectivity index (χ4n) is 3.19. The van der Waals surface area contributed by atoms with Crippen LogP contribution < -0.4 is 5.73 Å². The number of nitrogens with zero attached hydrogens (tertiary/aromatic N) is 3. The SMILES string of the molecule is C[C@@H]1CN2CCC[C@@H]2CN1C(=O)c1cccc(N)n1. The third-order valence-corrected chi connectivity index (χ3v) is 4.19. The molecule has 5 nitrogen and oxygen atoms in total. The molecule has 0 unspecified atom stereocenters. The topological polar surface area (TPSA) is 62.5 Å². The third-order valence-electron chi connectivity index (χ3n) is 4.19. The van der Waals surface area contributed by atoms with Gasteiger partial charge in [0.15, 0.2) is 0 Å². The Labute approximate surface area is 113 Å². The first-order valence-corrected chi connectivity index (χ1v) is 6.92. The van der Waals surface area contributed by atoms with E-state index in [1.165, 1.54) is 19.4 Å². The molecule has 5 heteroatoms. The fraction of sp³-hybridized carbons (Fsp3) is 0.571. The first-order valence-electron chi connectivity index (χ1n) is 6.92. The molecule has 2 saturated heterocycles. The lowest BCUT2D eigenvalue weighted by Crippen LogP contribution is -2.56. The molecule has 102 valence electrons. The molecule has 0 bridgehead atoms. The van der Waals surface area contributed by atoms with Crippen LogP contribution in [0.1, 0.15) is 30.3 Å². The number of aromatic nitrogens is 1. The zero-order valence-corrected chi connectivity index (χ0v) is 11.2. The molecule has 0 aromatic carbocycles. The summed E-state index contributed by atoms with van der Waals surface area (Å²) in [4.78, 5) is 21.1. The number of nitrogens with two attached hydrogens (primary N) is 1. The zero-order chi connectivity index (χ0) is 13.4. The molecular formula is C14H20N4O. The Morgan fingerprint density at radius 3 is 3.05 bits per heavy atom. The summed E-state index contributed by atoms with van der Waals surface area (Å²) < 4.78 is 0. The quantitative estimate of drug-likeness (QED) is 0.817. The summed E-state index contributed by atoms with van der Waals surface area (Å²) in [7, 11) is 0. The normalized spacial score (nSPS) is 27.3. The van der Waals surface area contributed by atoms with Gasteiger partial charge in [-0.15, -0.1) is 0 Å². The Kier molecular flexibility index (Phi) is 3.14. The molecule has 2 atom stereocenters. The van der Waals surface area contributed by atoms with Crippen LogP contribution in [-0.2, 0) is 0 Å². The van der Waals surface area contributed by atoms with E-state index in [1.807, 2.05) is 4.90 Å². The van der Waals surface area contributed by atoms with Gasteiger partial charge in [-0.3, -0.25) is 9.69 Å². The van der Waals surface area contributed by atoms with Crippen molar-refractivity contribution in [2.45, 2.75) is 31.8 Å². The summed E-state index contributed by atoms with van der Waals surface area (Å²) >= 11 is 0. The predicted octanol–water partition coefficient (Wildman–Crippen LogP) is 0.972. The molecule has 19 heavy (non-hydrogen) atoms. The van der Waals surface area contributed by atoms with E-state index in [4.69, 9.17) is 5.73 Å². The van der Waals surface area contributed by atoms with E-state index < -0.39 is 0 Å². The van der Waals surface area contributed by atoms with Crippen molar-refractivity contribution in [2.75, 3.05) is 25.4 Å². The standard InChI is InChI=1S/C14H20N4O/c1-10-8-17-7-3-4-11(17)9-18(10)14(19)12-5-2-6-13(15)16-12/h2,5-6,10-11H,3-4,7-9H2,1H3,(H2,15,16)/t10-,11-/m1/s1. The molecule has 2 aliphatic rings. The number of hydrogen-bond acceptors (Lipinski definition) is 4. The fourth-order valence-corrected chi connectivity index (χ4v) is 3.19. The van der Waals surface area contributed by atoms with E-state index in [-0.39, 0.29) is 11.9 Å². The maximum Gasteiger partial charge on any atom is 0.272 e. The summed E-state index contributed by atoms with van der Waals surface area (Å²) in [6.45, 7) is 5.07. The van der Waals surface area contributed by atoms with E-state index >= 15 is 0 Å². The van der Waals surface area contributed by atoms with Gasteiger partial charge >= 0.3 is 0 Å². The number of carbonyl (C=O) groups is 1. The van der Waals surface area contributed by atoms with Crippen molar-refractivity contribution in [2.24, 2.45) is 0 Å². The Balaban J connectivity index is 1.79. The highest BCUT2D eigenvalue weighted by atomic mass is 16.2. The summed E-state index contributed by atoms with van der Waals surface area (Å²) in [6.07, 6.45) is 2.44. The number of fused-ring (bicyclic) bond motifs is 1. The molecule has 2 N–H and O–H groups in total. The lowest BCUT2D eigenvalue weighted by atomic mass is 10.1. The molecule has 2 fully saturated rings. The van der Waals surface area contributed by atoms with E-state index in [2.05, 4.69) is 16.8 Å². The lowest BCUT2D eigenvalue weighted by Gasteiger charge is -2.42. The minimum Gasteiger partial charge on any atom is -0.384 e. The van der Waals surface area contributed by atoms with E-state index in [1.54, 1.807) is 18.2 Å². The predicted molar refractivity (Wildman–Crippen MR) is 73.7 cm³/mol. The molecule has 0 radical (unpaired) electrons. The molecule has 2 aliphatic heterocycles. The largest absolute Gasteiger partial charge is 0.384 e. The van der Waals surface area contributed by atoms with Crippen molar-refractivity contribution < 1.29 is 4.79 Å². The molecule has 3 heterocycles. The lowest BCUT2D eigenvalue weighted by molar-refractivity contribution is 0.0390. The van der Waals surface area contributed by atoms with Gasteiger partial charge in [-0.25, -0.2) is 4.98 Å². The van der Waals surface area contributed by atoms with E-state index in [0.717, 1.165) is 13.1 Å². The van der Waals surface area contributed by atoms with Gasteiger partial charge in [-0.1, -0.05) is 6.07 Å². The minimum absolute atomic E-state index is 0.00588. The van der Waals surface area contributed by atoms with Crippen molar-refractivity contribution in [1.82, 2.24) is 14.8 Å². The number of rotatable bonds is 1. The van der Waals surface area contributed by atoms with E-state index in [9.17, 15) is 4.79 Å². The van der Waals surface area contributed by atoms with Crippen LogP contribution in [0.2, 0.25) is 0 Å². The highest BCUT2D eigenvalue weighted by molar-refractivity contribution is 5.93. The average Bonchev–Trinajstić information content (AvgIpc) is 2.84. The number of anilines is 1. The van der Waals surface area contributed by atoms with Gasteiger partial charge in [0.2, 0.25) is 0 Å². The Hall–Kier alpha value is -1.62. The van der Waals surface area contributed by atoms with Crippen molar-refractivity contribution in [3.05, 3.63) is 23.9 Å². The highest BCUT2D eigenvalue weighted by Crippen LogP contribution is 2.25. The Bertz CT molecular complexity index is 490. The smallest absolute Gasteiger partial charge is 0.272 e. The van der Waals surface area contributed by atoms with Crippen LogP contribution in [-0.4, -0.2) is 52.4 Å². The maximum absolute atomic E-state index is 12.5. The van der Waals surface area contributed by atoms with Crippen LogP contribution in [0.3, 0.4) is 0 Å². The molecule has 1 aromatic heterocycles. The number of amides is 1. The monoisotopic (exact) mass is 260 g/mol. The van der Waals surface area contributed by atoms with Crippen LogP contribution in [0.4, 0.5) is 5.82 Å². The third kappa shape index (κ3) is 2.30. The minimum atomic E-state index is 0.00588. The molecular weight excluding hydrogens is 240 g/mol. The van der Waals surface area contributed by atoms with Crippen molar-refractivity contribution >= 4 is 11.7 Å². The number of hydrogen-bond donors (Lipinski definition) is 1. The first-order chi connectivity index (χ1) is 9.15. The zero-order valence-electron chi connectivity index (χ0n) is 11.2. The first kappa shape index (κ1) is 12.4. The van der Waals surface area contributed by atoms with Gasteiger partial charge in [0.1, 0.15) is 11.5 Å². The Morgan fingerprint density at radius 2 is 2.26 bits per heavy atom. The van der Waals surface area contributed by atoms with Gasteiger partial charge in [0.05, 0.1) is 0 Å². The molecule has 0 aliphatic carbocycles. The summed E-state index contributed by atoms with van der Waals surface area (Å²) in [5.74, 6) is 0.407. The number of nitrogen functional groups attached to an aromatic ring is 1. The maximum atomic E-state index is 12.5. The van der Waals surface area contributed by atoms with Crippen LogP contribution in [0.15, 0.2) is 18.2 Å². The average molecular weight is 260 g/mol. The number of carbonyl (C=O) groups excluding carboxylic acids is 1. The molecule has 0 spiro atoms. The molecule has 1 aromatic rings. The van der Waals surface area contributed by atoms with Gasteiger partial charge in [0.25, 0.3) is 5.91 Å². The van der Waals surface area contributed by atoms with Crippen LogP contribution in [0.5, 0.6) is 0 Å². The van der Waals surface area contributed by atoms with Gasteiger partial charge in [-0.2, -0.15) is 0 Å².